The minimum absolute atomic E-state index is 0.0314. The van der Waals surface area contributed by atoms with Crippen molar-refractivity contribution in [2.45, 2.75) is 44.3 Å². The largest absolute Gasteiger partial charge is 0.550 e. The first-order valence-corrected chi connectivity index (χ1v) is 6.83. The molecule has 0 saturated carbocycles. The number of carbonyl (C=O) groups is 2. The Morgan fingerprint density at radius 3 is 2.22 bits per heavy atom. The number of ether oxygens (including phenoxy) is 1. The third-order valence-electron chi connectivity index (χ3n) is 4.50. The summed E-state index contributed by atoms with van der Waals surface area (Å²) in [4.78, 5) is 25.5. The zero-order chi connectivity index (χ0) is 12.7. The molecule has 18 heavy (non-hydrogen) atoms. The maximum atomic E-state index is 12.5. The number of piperidine rings is 1. The monoisotopic (exact) mass is 252 g/mol. The van der Waals surface area contributed by atoms with E-state index < -0.39 is 17.8 Å². The van der Waals surface area contributed by atoms with Gasteiger partial charge in [-0.15, -0.1) is 0 Å². The SMILES string of the molecule is O=C([O-])C1C(C(=O)N2CCCCC2)[C@H]2CC[C@@H]1O2. The van der Waals surface area contributed by atoms with Gasteiger partial charge in [0.2, 0.25) is 5.91 Å². The van der Waals surface area contributed by atoms with E-state index in [2.05, 4.69) is 0 Å². The van der Waals surface area contributed by atoms with Crippen LogP contribution in [0, 0.1) is 11.8 Å². The van der Waals surface area contributed by atoms with Crippen LogP contribution in [-0.4, -0.2) is 42.1 Å². The first-order chi connectivity index (χ1) is 8.68. The quantitative estimate of drug-likeness (QED) is 0.667. The molecule has 5 heteroatoms. The molecule has 0 spiro atoms. The zero-order valence-corrected chi connectivity index (χ0v) is 10.3. The van der Waals surface area contributed by atoms with Crippen molar-refractivity contribution in [2.24, 2.45) is 11.8 Å². The van der Waals surface area contributed by atoms with Gasteiger partial charge in [0.15, 0.2) is 0 Å². The van der Waals surface area contributed by atoms with Crippen LogP contribution in [0.4, 0.5) is 0 Å². The Morgan fingerprint density at radius 1 is 1.00 bits per heavy atom. The lowest BCUT2D eigenvalue weighted by Crippen LogP contribution is -2.50. The normalized spacial score (nSPS) is 39.0. The Bertz CT molecular complexity index is 364. The van der Waals surface area contributed by atoms with Gasteiger partial charge in [-0.3, -0.25) is 4.79 Å². The molecule has 2 bridgehead atoms. The summed E-state index contributed by atoms with van der Waals surface area (Å²) in [6.45, 7) is 1.51. The molecule has 3 rings (SSSR count). The number of carbonyl (C=O) groups excluding carboxylic acids is 2. The Morgan fingerprint density at radius 2 is 1.61 bits per heavy atom. The van der Waals surface area contributed by atoms with Crippen LogP contribution in [0.1, 0.15) is 32.1 Å². The number of hydrogen-bond donors (Lipinski definition) is 0. The second-order valence-electron chi connectivity index (χ2n) is 5.55. The first kappa shape index (κ1) is 12.0. The van der Waals surface area contributed by atoms with Gasteiger partial charge in [-0.1, -0.05) is 0 Å². The van der Waals surface area contributed by atoms with E-state index in [9.17, 15) is 14.7 Å². The molecule has 3 saturated heterocycles. The number of nitrogens with zero attached hydrogens (tertiary/aromatic N) is 1. The molecule has 4 atom stereocenters. The molecular formula is C13H18NO4-. The number of aliphatic carboxylic acids is 1. The van der Waals surface area contributed by atoms with Crippen LogP contribution in [0.2, 0.25) is 0 Å². The Labute approximate surface area is 106 Å². The average Bonchev–Trinajstić information content (AvgIpc) is 2.99. The molecule has 0 radical (unpaired) electrons. The smallest absolute Gasteiger partial charge is 0.229 e. The van der Waals surface area contributed by atoms with Crippen LogP contribution in [0.25, 0.3) is 0 Å². The lowest BCUT2D eigenvalue weighted by molar-refractivity contribution is -0.314. The van der Waals surface area contributed by atoms with E-state index in [-0.39, 0.29) is 18.1 Å². The maximum absolute atomic E-state index is 12.5. The van der Waals surface area contributed by atoms with Crippen LogP contribution in [0.3, 0.4) is 0 Å². The third kappa shape index (κ3) is 1.81. The van der Waals surface area contributed by atoms with E-state index in [1.54, 1.807) is 0 Å². The summed E-state index contributed by atoms with van der Waals surface area (Å²) in [5.41, 5.74) is 0. The molecule has 3 aliphatic heterocycles. The van der Waals surface area contributed by atoms with E-state index in [4.69, 9.17) is 4.74 Å². The topological polar surface area (TPSA) is 69.7 Å². The van der Waals surface area contributed by atoms with E-state index in [0.717, 1.165) is 45.2 Å². The fourth-order valence-electron chi connectivity index (χ4n) is 3.62. The minimum atomic E-state index is -1.13. The number of carboxylic acids is 1. The second-order valence-corrected chi connectivity index (χ2v) is 5.55. The highest BCUT2D eigenvalue weighted by Crippen LogP contribution is 2.44. The second kappa shape index (κ2) is 4.53. The van der Waals surface area contributed by atoms with Crippen molar-refractivity contribution in [3.05, 3.63) is 0 Å². The molecule has 3 aliphatic rings. The molecule has 0 aromatic rings. The maximum Gasteiger partial charge on any atom is 0.229 e. The molecule has 0 aliphatic carbocycles. The molecule has 2 unspecified atom stereocenters. The predicted octanol–water partition coefficient (Wildman–Crippen LogP) is -0.458. The average molecular weight is 252 g/mol. The van der Waals surface area contributed by atoms with Gasteiger partial charge in [0.1, 0.15) is 0 Å². The van der Waals surface area contributed by atoms with Crippen LogP contribution < -0.4 is 5.11 Å². The van der Waals surface area contributed by atoms with Gasteiger partial charge in [0.25, 0.3) is 0 Å². The summed E-state index contributed by atoms with van der Waals surface area (Å²) in [5, 5.41) is 11.2. The summed E-state index contributed by atoms with van der Waals surface area (Å²) >= 11 is 0. The van der Waals surface area contributed by atoms with Crippen LogP contribution in [-0.2, 0) is 14.3 Å². The molecule has 100 valence electrons. The molecule has 5 nitrogen and oxygen atoms in total. The number of likely N-dealkylation sites (tertiary alicyclic amines) is 1. The van der Waals surface area contributed by atoms with Gasteiger partial charge in [0.05, 0.1) is 18.1 Å². The zero-order valence-electron chi connectivity index (χ0n) is 10.3. The van der Waals surface area contributed by atoms with Gasteiger partial charge in [0, 0.05) is 25.0 Å². The van der Waals surface area contributed by atoms with Crippen molar-refractivity contribution >= 4 is 11.9 Å². The number of amides is 1. The number of hydrogen-bond acceptors (Lipinski definition) is 4. The minimum Gasteiger partial charge on any atom is -0.550 e. The van der Waals surface area contributed by atoms with Gasteiger partial charge in [-0.25, -0.2) is 0 Å². The lowest BCUT2D eigenvalue weighted by Gasteiger charge is -2.34. The van der Waals surface area contributed by atoms with Gasteiger partial charge in [-0.2, -0.15) is 0 Å². The highest BCUT2D eigenvalue weighted by molar-refractivity contribution is 5.86. The third-order valence-corrected chi connectivity index (χ3v) is 4.50. The highest BCUT2D eigenvalue weighted by atomic mass is 16.5. The lowest BCUT2D eigenvalue weighted by atomic mass is 9.78. The molecule has 1 amide bonds. The first-order valence-electron chi connectivity index (χ1n) is 6.83. The molecule has 3 heterocycles. The molecule has 0 aromatic heterocycles. The number of rotatable bonds is 2. The Balaban J connectivity index is 1.77. The highest BCUT2D eigenvalue weighted by Gasteiger charge is 2.53. The van der Waals surface area contributed by atoms with Crippen LogP contribution >= 0.6 is 0 Å². The number of carboxylic acid groups (broad SMARTS) is 1. The van der Waals surface area contributed by atoms with E-state index in [1.807, 2.05) is 4.90 Å². The molecule has 0 N–H and O–H groups in total. The van der Waals surface area contributed by atoms with Crippen molar-refractivity contribution in [1.29, 1.82) is 0 Å². The fraction of sp³-hybridized carbons (Fsp3) is 0.846. The Hall–Kier alpha value is -1.10. The van der Waals surface area contributed by atoms with Crippen molar-refractivity contribution in [1.82, 2.24) is 4.90 Å². The van der Waals surface area contributed by atoms with Gasteiger partial charge in [-0.05, 0) is 32.1 Å². The van der Waals surface area contributed by atoms with Crippen LogP contribution in [0.15, 0.2) is 0 Å². The van der Waals surface area contributed by atoms with Crippen molar-refractivity contribution < 1.29 is 19.4 Å². The van der Waals surface area contributed by atoms with Crippen molar-refractivity contribution in [3.63, 3.8) is 0 Å². The molecule has 3 fully saturated rings. The molecule has 0 aromatic carbocycles. The summed E-state index contributed by atoms with van der Waals surface area (Å²) in [7, 11) is 0. The molecular weight excluding hydrogens is 234 g/mol. The van der Waals surface area contributed by atoms with E-state index in [1.165, 1.54) is 0 Å². The number of fused-ring (bicyclic) bond motifs is 2. The van der Waals surface area contributed by atoms with Crippen molar-refractivity contribution in [3.8, 4) is 0 Å². The van der Waals surface area contributed by atoms with Crippen LogP contribution in [0.5, 0.6) is 0 Å². The Kier molecular flexibility index (Phi) is 3.01. The summed E-state index contributed by atoms with van der Waals surface area (Å²) in [6.07, 6.45) is 4.23. The van der Waals surface area contributed by atoms with Crippen molar-refractivity contribution in [2.75, 3.05) is 13.1 Å². The summed E-state index contributed by atoms with van der Waals surface area (Å²) < 4.78 is 5.60. The van der Waals surface area contributed by atoms with E-state index in [0.29, 0.717) is 0 Å². The standard InChI is InChI=1S/C13H19NO4/c15-12(14-6-2-1-3-7-14)10-8-4-5-9(18-8)11(10)13(16)17/h8-11H,1-7H2,(H,16,17)/p-1/t8-,9+,10?,11?/m1/s1. The predicted molar refractivity (Wildman–Crippen MR) is 60.3 cm³/mol. The summed E-state index contributed by atoms with van der Waals surface area (Å²) in [5.74, 6) is -2.40. The van der Waals surface area contributed by atoms with Gasteiger partial charge >= 0.3 is 0 Å². The fourth-order valence-corrected chi connectivity index (χ4v) is 3.62. The van der Waals surface area contributed by atoms with E-state index >= 15 is 0 Å². The summed E-state index contributed by atoms with van der Waals surface area (Å²) in [6, 6.07) is 0. The van der Waals surface area contributed by atoms with Gasteiger partial charge < -0.3 is 19.5 Å².